The van der Waals surface area contributed by atoms with Gasteiger partial charge in [-0.15, -0.1) is 0 Å². The van der Waals surface area contributed by atoms with Crippen LogP contribution in [0, 0.1) is 12.8 Å². The molecular formula is C21H20F3N5O2. The van der Waals surface area contributed by atoms with Gasteiger partial charge in [0.05, 0.1) is 17.0 Å². The minimum atomic E-state index is -4.43. The number of aromatic nitrogens is 4. The molecular weight excluding hydrogens is 411 g/mol. The van der Waals surface area contributed by atoms with Crippen molar-refractivity contribution in [2.75, 3.05) is 0 Å². The summed E-state index contributed by atoms with van der Waals surface area (Å²) in [7, 11) is 1.50. The maximum absolute atomic E-state index is 13.1. The van der Waals surface area contributed by atoms with Gasteiger partial charge in [-0.05, 0) is 54.0 Å². The first kappa shape index (κ1) is 20.8. The molecule has 1 saturated carbocycles. The summed E-state index contributed by atoms with van der Waals surface area (Å²) in [5.74, 6) is 0.0717. The number of oxime groups is 1. The SMILES string of the molecule is Cc1cccc(-n2nnn(C)c2=O)c1CO/N=C(\c1cccc(C(F)(F)F)c1)C1CC1. The normalized spacial score (nSPS) is 14.7. The third kappa shape index (κ3) is 4.37. The number of hydrogen-bond donors (Lipinski definition) is 0. The molecule has 162 valence electrons. The van der Waals surface area contributed by atoms with E-state index in [-0.39, 0.29) is 12.5 Å². The summed E-state index contributed by atoms with van der Waals surface area (Å²) < 4.78 is 41.6. The second-order valence-electron chi connectivity index (χ2n) is 7.47. The summed E-state index contributed by atoms with van der Waals surface area (Å²) in [5.41, 5.74) is 1.83. The van der Waals surface area contributed by atoms with E-state index in [0.717, 1.165) is 35.2 Å². The van der Waals surface area contributed by atoms with Crippen LogP contribution in [0.1, 0.15) is 35.1 Å². The van der Waals surface area contributed by atoms with Gasteiger partial charge in [0.1, 0.15) is 6.61 Å². The third-order valence-corrected chi connectivity index (χ3v) is 5.16. The molecule has 1 aliphatic carbocycles. The fourth-order valence-corrected chi connectivity index (χ4v) is 3.28. The van der Waals surface area contributed by atoms with Crippen molar-refractivity contribution in [3.8, 4) is 5.69 Å². The van der Waals surface area contributed by atoms with Gasteiger partial charge in [-0.1, -0.05) is 29.4 Å². The molecule has 3 aromatic rings. The smallest absolute Gasteiger partial charge is 0.391 e. The standard InChI is InChI=1S/C21H20F3N5O2/c1-13-5-3-8-18(29-20(30)28(2)26-27-29)17(13)12-31-25-19(14-9-10-14)15-6-4-7-16(11-15)21(22,23)24/h3-8,11,14H,9-10,12H2,1-2H3/b25-19-. The highest BCUT2D eigenvalue weighted by Crippen LogP contribution is 2.36. The predicted molar refractivity (Wildman–Crippen MR) is 107 cm³/mol. The van der Waals surface area contributed by atoms with Crippen molar-refractivity contribution in [1.82, 2.24) is 19.8 Å². The van der Waals surface area contributed by atoms with Crippen molar-refractivity contribution in [3.63, 3.8) is 0 Å². The molecule has 2 aromatic carbocycles. The topological polar surface area (TPSA) is 74.3 Å². The molecule has 0 amide bonds. The molecule has 0 radical (unpaired) electrons. The second-order valence-corrected chi connectivity index (χ2v) is 7.47. The summed E-state index contributed by atoms with van der Waals surface area (Å²) in [4.78, 5) is 17.8. The molecule has 0 aliphatic heterocycles. The molecule has 1 fully saturated rings. The van der Waals surface area contributed by atoms with Crippen LogP contribution in [0.25, 0.3) is 5.69 Å². The minimum absolute atomic E-state index is 0.0280. The first-order chi connectivity index (χ1) is 14.8. The molecule has 31 heavy (non-hydrogen) atoms. The number of nitrogens with zero attached hydrogens (tertiary/aromatic N) is 5. The van der Waals surface area contributed by atoms with E-state index < -0.39 is 17.4 Å². The minimum Gasteiger partial charge on any atom is -0.391 e. The number of halogens is 3. The molecule has 1 heterocycles. The third-order valence-electron chi connectivity index (χ3n) is 5.16. The van der Waals surface area contributed by atoms with Gasteiger partial charge in [0.15, 0.2) is 0 Å². The van der Waals surface area contributed by atoms with Gasteiger partial charge in [0.2, 0.25) is 0 Å². The van der Waals surface area contributed by atoms with Gasteiger partial charge in [-0.2, -0.15) is 22.5 Å². The number of aryl methyl sites for hydroxylation is 2. The number of tetrazole rings is 1. The lowest BCUT2D eigenvalue weighted by Gasteiger charge is -2.12. The van der Waals surface area contributed by atoms with Crippen molar-refractivity contribution < 1.29 is 18.0 Å². The van der Waals surface area contributed by atoms with Crippen LogP contribution in [0.3, 0.4) is 0 Å². The highest BCUT2D eigenvalue weighted by molar-refractivity contribution is 6.03. The van der Waals surface area contributed by atoms with Gasteiger partial charge < -0.3 is 4.84 Å². The zero-order valence-corrected chi connectivity index (χ0v) is 16.9. The summed E-state index contributed by atoms with van der Waals surface area (Å²) in [5, 5.41) is 11.8. The lowest BCUT2D eigenvalue weighted by molar-refractivity contribution is -0.137. The Kier molecular flexibility index (Phi) is 5.38. The lowest BCUT2D eigenvalue weighted by Crippen LogP contribution is -2.23. The van der Waals surface area contributed by atoms with E-state index in [4.69, 9.17) is 4.84 Å². The first-order valence-corrected chi connectivity index (χ1v) is 9.71. The number of alkyl halides is 3. The second kappa shape index (κ2) is 8.01. The Morgan fingerprint density at radius 1 is 1.19 bits per heavy atom. The Labute approximate surface area is 175 Å². The number of hydrogen-bond acceptors (Lipinski definition) is 5. The van der Waals surface area contributed by atoms with Crippen molar-refractivity contribution >= 4 is 5.71 Å². The Hall–Kier alpha value is -3.43. The Morgan fingerprint density at radius 2 is 1.94 bits per heavy atom. The molecule has 0 bridgehead atoms. The fourth-order valence-electron chi connectivity index (χ4n) is 3.28. The van der Waals surface area contributed by atoms with Crippen LogP contribution in [0.4, 0.5) is 13.2 Å². The van der Waals surface area contributed by atoms with E-state index in [9.17, 15) is 18.0 Å². The van der Waals surface area contributed by atoms with Gasteiger partial charge in [-0.25, -0.2) is 4.79 Å². The van der Waals surface area contributed by atoms with Crippen LogP contribution < -0.4 is 5.69 Å². The lowest BCUT2D eigenvalue weighted by atomic mass is 10.0. The zero-order chi connectivity index (χ0) is 22.2. The van der Waals surface area contributed by atoms with Crippen LogP contribution in [-0.2, 0) is 24.7 Å². The summed E-state index contributed by atoms with van der Waals surface area (Å²) in [6.07, 6.45) is -2.72. The molecule has 0 spiro atoms. The largest absolute Gasteiger partial charge is 0.416 e. The van der Waals surface area contributed by atoms with E-state index >= 15 is 0 Å². The van der Waals surface area contributed by atoms with Crippen molar-refractivity contribution in [2.45, 2.75) is 32.5 Å². The maximum atomic E-state index is 13.1. The number of benzene rings is 2. The highest BCUT2D eigenvalue weighted by atomic mass is 19.4. The zero-order valence-electron chi connectivity index (χ0n) is 16.9. The van der Waals surface area contributed by atoms with E-state index in [1.807, 2.05) is 13.0 Å². The molecule has 1 aliphatic rings. The molecule has 0 atom stereocenters. The predicted octanol–water partition coefficient (Wildman–Crippen LogP) is 3.62. The quantitative estimate of drug-likeness (QED) is 0.441. The fraction of sp³-hybridized carbons (Fsp3) is 0.333. The molecule has 0 unspecified atom stereocenters. The average Bonchev–Trinajstić information content (AvgIpc) is 3.51. The summed E-state index contributed by atoms with van der Waals surface area (Å²) >= 11 is 0. The average molecular weight is 431 g/mol. The van der Waals surface area contributed by atoms with Crippen molar-refractivity contribution in [1.29, 1.82) is 0 Å². The Bertz CT molecular complexity index is 1190. The van der Waals surface area contributed by atoms with Crippen molar-refractivity contribution in [3.05, 3.63) is 75.2 Å². The molecule has 7 nitrogen and oxygen atoms in total. The van der Waals surface area contributed by atoms with Crippen molar-refractivity contribution in [2.24, 2.45) is 18.1 Å². The van der Waals surface area contributed by atoms with Gasteiger partial charge >= 0.3 is 11.9 Å². The molecule has 4 rings (SSSR count). The first-order valence-electron chi connectivity index (χ1n) is 9.71. The van der Waals surface area contributed by atoms with Gasteiger partial charge in [-0.3, -0.25) is 0 Å². The van der Waals surface area contributed by atoms with Crippen LogP contribution in [0.5, 0.6) is 0 Å². The molecule has 1 aromatic heterocycles. The molecule has 10 heteroatoms. The summed E-state index contributed by atoms with van der Waals surface area (Å²) in [6, 6.07) is 10.5. The van der Waals surface area contributed by atoms with Crippen LogP contribution in [0.15, 0.2) is 52.4 Å². The molecule has 0 N–H and O–H groups in total. The van der Waals surface area contributed by atoms with E-state index in [1.165, 1.54) is 17.8 Å². The van der Waals surface area contributed by atoms with Gasteiger partial charge in [0, 0.05) is 24.1 Å². The number of rotatable bonds is 6. The van der Waals surface area contributed by atoms with Crippen LogP contribution >= 0.6 is 0 Å². The maximum Gasteiger partial charge on any atom is 0.416 e. The summed E-state index contributed by atoms with van der Waals surface area (Å²) in [6.45, 7) is 1.89. The van der Waals surface area contributed by atoms with E-state index in [2.05, 4.69) is 15.6 Å². The Morgan fingerprint density at radius 3 is 2.58 bits per heavy atom. The van der Waals surface area contributed by atoms with E-state index in [1.54, 1.807) is 18.2 Å². The van der Waals surface area contributed by atoms with Crippen LogP contribution in [-0.4, -0.2) is 25.5 Å². The van der Waals surface area contributed by atoms with Crippen LogP contribution in [0.2, 0.25) is 0 Å². The van der Waals surface area contributed by atoms with Gasteiger partial charge in [0.25, 0.3) is 0 Å². The molecule has 0 saturated heterocycles. The highest BCUT2D eigenvalue weighted by Gasteiger charge is 2.33. The monoisotopic (exact) mass is 431 g/mol. The van der Waals surface area contributed by atoms with E-state index in [0.29, 0.717) is 22.5 Å². The Balaban J connectivity index is 1.62.